The molecule has 2 N–H and O–H groups in total. The van der Waals surface area contributed by atoms with Crippen LogP contribution >= 0.6 is 12.1 Å². The summed E-state index contributed by atoms with van der Waals surface area (Å²) in [5.41, 5.74) is 1.66. The Morgan fingerprint density at radius 1 is 1.31 bits per heavy atom. The van der Waals surface area contributed by atoms with Gasteiger partial charge in [0, 0.05) is 45.2 Å². The third-order valence-electron chi connectivity index (χ3n) is 3.76. The minimum atomic E-state index is -0.285. The highest BCUT2D eigenvalue weighted by Gasteiger charge is 2.15. The Bertz CT molecular complexity index is 712. The summed E-state index contributed by atoms with van der Waals surface area (Å²) in [4.78, 5) is 14.4. The van der Waals surface area contributed by atoms with E-state index in [1.54, 1.807) is 10.9 Å². The number of rotatable bonds is 9. The van der Waals surface area contributed by atoms with Crippen molar-refractivity contribution in [3.05, 3.63) is 30.0 Å². The zero-order valence-electron chi connectivity index (χ0n) is 16.1. The molecule has 144 valence electrons. The zero-order chi connectivity index (χ0) is 19.1. The lowest BCUT2D eigenvalue weighted by Gasteiger charge is -2.23. The van der Waals surface area contributed by atoms with Crippen molar-refractivity contribution in [3.8, 4) is 0 Å². The number of anilines is 2. The maximum absolute atomic E-state index is 12.3. The van der Waals surface area contributed by atoms with Crippen molar-refractivity contribution < 1.29 is 9.21 Å². The molecule has 0 saturated carbocycles. The summed E-state index contributed by atoms with van der Waals surface area (Å²) in [6.45, 7) is 5.62. The second-order valence-electron chi connectivity index (χ2n) is 6.18. The fourth-order valence-corrected chi connectivity index (χ4v) is 2.94. The first-order valence-electron chi connectivity index (χ1n) is 8.69. The van der Waals surface area contributed by atoms with Crippen LogP contribution in [0.15, 0.2) is 22.9 Å². The topological polar surface area (TPSA) is 78.6 Å². The molecule has 2 aromatic rings. The van der Waals surface area contributed by atoms with Crippen LogP contribution in [0.4, 0.5) is 16.2 Å². The lowest BCUT2D eigenvalue weighted by atomic mass is 10.3. The number of carbonyl (C=O) groups is 1. The summed E-state index contributed by atoms with van der Waals surface area (Å²) >= 11 is 1.24. The fraction of sp³-hybridized carbons (Fsp3) is 0.529. The van der Waals surface area contributed by atoms with Crippen molar-refractivity contribution >= 4 is 29.5 Å². The Morgan fingerprint density at radius 3 is 2.65 bits per heavy atom. The van der Waals surface area contributed by atoms with Crippen LogP contribution in [-0.2, 0) is 19.9 Å². The Labute approximate surface area is 159 Å². The van der Waals surface area contributed by atoms with Gasteiger partial charge < -0.3 is 14.6 Å². The molecular formula is C17H28N6O2S. The lowest BCUT2D eigenvalue weighted by molar-refractivity contribution is 0.257. The Hall–Kier alpha value is -2.13. The number of nitrogens with one attached hydrogen (secondary N) is 2. The van der Waals surface area contributed by atoms with Gasteiger partial charge >= 0.3 is 6.03 Å². The lowest BCUT2D eigenvalue weighted by Crippen LogP contribution is -2.32. The minimum Gasteiger partial charge on any atom is -0.464 e. The molecule has 0 unspecified atom stereocenters. The van der Waals surface area contributed by atoms with Crippen LogP contribution in [0.1, 0.15) is 25.4 Å². The molecule has 2 aromatic heterocycles. The van der Waals surface area contributed by atoms with E-state index in [-0.39, 0.29) is 6.03 Å². The number of aryl methyl sites for hydroxylation is 3. The number of amides is 2. The van der Waals surface area contributed by atoms with Crippen molar-refractivity contribution in [2.45, 2.75) is 26.7 Å². The first kappa shape index (κ1) is 20.2. The van der Waals surface area contributed by atoms with Crippen molar-refractivity contribution in [3.63, 3.8) is 0 Å². The number of hydrogen-bond acceptors (Lipinski definition) is 6. The highest BCUT2D eigenvalue weighted by atomic mass is 32.2. The van der Waals surface area contributed by atoms with Gasteiger partial charge in [0.15, 0.2) is 0 Å². The predicted molar refractivity (Wildman–Crippen MR) is 106 cm³/mol. The van der Waals surface area contributed by atoms with E-state index in [4.69, 9.17) is 4.42 Å². The van der Waals surface area contributed by atoms with Crippen LogP contribution in [0.5, 0.6) is 0 Å². The highest BCUT2D eigenvalue weighted by Crippen LogP contribution is 2.23. The molecule has 26 heavy (non-hydrogen) atoms. The number of furan rings is 1. The molecule has 0 bridgehead atoms. The van der Waals surface area contributed by atoms with Gasteiger partial charge in [-0.1, -0.05) is 13.8 Å². The quantitative estimate of drug-likeness (QED) is 0.651. The maximum Gasteiger partial charge on any atom is 0.330 e. The highest BCUT2D eigenvalue weighted by molar-refractivity contribution is 7.99. The van der Waals surface area contributed by atoms with Crippen molar-refractivity contribution in [2.24, 2.45) is 7.05 Å². The van der Waals surface area contributed by atoms with Gasteiger partial charge in [-0.3, -0.25) is 13.7 Å². The van der Waals surface area contributed by atoms with Gasteiger partial charge in [-0.2, -0.15) is 5.10 Å². The van der Waals surface area contributed by atoms with Gasteiger partial charge in [-0.05, 0) is 14.1 Å². The molecular weight excluding hydrogens is 352 g/mol. The average molecular weight is 381 g/mol. The number of nitrogens with zero attached hydrogens (tertiary/aromatic N) is 4. The van der Waals surface area contributed by atoms with Crippen molar-refractivity contribution in [2.75, 3.05) is 36.8 Å². The average Bonchev–Trinajstić information content (AvgIpc) is 3.20. The van der Waals surface area contributed by atoms with Crippen LogP contribution in [-0.4, -0.2) is 47.9 Å². The van der Waals surface area contributed by atoms with Crippen LogP contribution in [0.3, 0.4) is 0 Å². The van der Waals surface area contributed by atoms with E-state index >= 15 is 0 Å². The molecule has 0 aliphatic rings. The van der Waals surface area contributed by atoms with E-state index in [0.717, 1.165) is 48.8 Å². The number of carbonyl (C=O) groups excluding carboxylic acids is 1. The van der Waals surface area contributed by atoms with E-state index in [1.165, 1.54) is 12.1 Å². The van der Waals surface area contributed by atoms with Crippen molar-refractivity contribution in [1.29, 1.82) is 0 Å². The molecule has 9 heteroatoms. The first-order chi connectivity index (χ1) is 12.4. The third-order valence-corrected chi connectivity index (χ3v) is 4.65. The fourth-order valence-electron chi connectivity index (χ4n) is 2.33. The number of hydrogen-bond donors (Lipinski definition) is 2. The summed E-state index contributed by atoms with van der Waals surface area (Å²) in [6, 6.07) is 1.60. The molecule has 0 atom stereocenters. The first-order valence-corrected chi connectivity index (χ1v) is 9.46. The van der Waals surface area contributed by atoms with Crippen LogP contribution in [0, 0.1) is 0 Å². The molecule has 0 aromatic carbocycles. The number of urea groups is 1. The molecule has 0 aliphatic heterocycles. The Kier molecular flexibility index (Phi) is 7.40. The van der Waals surface area contributed by atoms with E-state index in [2.05, 4.69) is 20.0 Å². The summed E-state index contributed by atoms with van der Waals surface area (Å²) in [7, 11) is 5.90. The smallest absolute Gasteiger partial charge is 0.330 e. The van der Waals surface area contributed by atoms with Crippen LogP contribution < -0.4 is 14.3 Å². The summed E-state index contributed by atoms with van der Waals surface area (Å²) in [5, 5.41) is 7.07. The van der Waals surface area contributed by atoms with E-state index < -0.39 is 0 Å². The van der Waals surface area contributed by atoms with E-state index in [0.29, 0.717) is 0 Å². The van der Waals surface area contributed by atoms with E-state index in [1.807, 2.05) is 51.6 Å². The van der Waals surface area contributed by atoms with Crippen molar-refractivity contribution in [1.82, 2.24) is 19.4 Å². The van der Waals surface area contributed by atoms with Crippen LogP contribution in [0.25, 0.3) is 0 Å². The summed E-state index contributed by atoms with van der Waals surface area (Å²) < 4.78 is 12.3. The monoisotopic (exact) mass is 380 g/mol. The standard InChI is InChI=1S/C17H28N6O2S/c1-6-14-10-15(16(7-2)25-14)19-17(24)20-26-23(9-8-21(3)4)13-11-18-22(5)12-13/h10-12H,6-9H2,1-5H3,(H2,19,20,24). The molecule has 0 aliphatic carbocycles. The second-order valence-corrected chi connectivity index (χ2v) is 7.01. The molecule has 0 fully saturated rings. The molecule has 0 radical (unpaired) electrons. The molecule has 2 heterocycles. The Balaban J connectivity index is 1.96. The van der Waals surface area contributed by atoms with Gasteiger partial charge in [0.2, 0.25) is 0 Å². The maximum atomic E-state index is 12.3. The normalized spacial score (nSPS) is 11.0. The minimum absolute atomic E-state index is 0.285. The Morgan fingerprint density at radius 2 is 2.08 bits per heavy atom. The molecule has 2 rings (SSSR count). The summed E-state index contributed by atoms with van der Waals surface area (Å²) in [6.07, 6.45) is 5.22. The van der Waals surface area contributed by atoms with Crippen LogP contribution in [0.2, 0.25) is 0 Å². The molecule has 0 spiro atoms. The summed E-state index contributed by atoms with van der Waals surface area (Å²) in [5.74, 6) is 1.66. The SMILES string of the molecule is CCc1cc(NC(=O)NSN(CCN(C)C)c2cnn(C)c2)c(CC)o1. The molecule has 2 amide bonds. The second kappa shape index (κ2) is 9.54. The third kappa shape index (κ3) is 5.70. The zero-order valence-corrected chi connectivity index (χ0v) is 16.9. The van der Waals surface area contributed by atoms with Gasteiger partial charge in [0.05, 0.1) is 29.7 Å². The molecule has 8 nitrogen and oxygen atoms in total. The number of aromatic nitrogens is 2. The number of likely N-dealkylation sites (N-methyl/N-ethyl adjacent to an activating group) is 1. The predicted octanol–water partition coefficient (Wildman–Crippen LogP) is 2.89. The van der Waals surface area contributed by atoms with Gasteiger partial charge in [-0.25, -0.2) is 4.79 Å². The molecule has 0 saturated heterocycles. The van der Waals surface area contributed by atoms with Gasteiger partial charge in [-0.15, -0.1) is 0 Å². The van der Waals surface area contributed by atoms with E-state index in [9.17, 15) is 4.79 Å². The van der Waals surface area contributed by atoms with Gasteiger partial charge in [0.25, 0.3) is 0 Å². The van der Waals surface area contributed by atoms with Gasteiger partial charge in [0.1, 0.15) is 11.5 Å². The largest absolute Gasteiger partial charge is 0.464 e.